The molecule has 0 saturated heterocycles. The minimum absolute atomic E-state index is 0.0782. The van der Waals surface area contributed by atoms with E-state index < -0.39 is 18.2 Å². The average Bonchev–Trinajstić information content (AvgIpc) is 2.90. The number of benzene rings is 2. The van der Waals surface area contributed by atoms with Gasteiger partial charge in [-0.15, -0.1) is 0 Å². The Kier molecular flexibility index (Phi) is 9.80. The van der Waals surface area contributed by atoms with Crippen LogP contribution in [0.1, 0.15) is 23.2 Å². The molecule has 0 fully saturated rings. The molecule has 182 valence electrons. The van der Waals surface area contributed by atoms with Gasteiger partial charge in [0.25, 0.3) is 0 Å². The summed E-state index contributed by atoms with van der Waals surface area (Å²) in [5, 5.41) is 2.76. The molecule has 0 unspecified atom stereocenters. The zero-order valence-corrected chi connectivity index (χ0v) is 19.6. The molecule has 0 aliphatic rings. The molecular formula is C27H29N3O5. The monoisotopic (exact) mass is 475 g/mol. The summed E-state index contributed by atoms with van der Waals surface area (Å²) in [5.41, 5.74) is 2.41. The number of esters is 1. The van der Waals surface area contributed by atoms with Gasteiger partial charge in [-0.1, -0.05) is 66.7 Å². The van der Waals surface area contributed by atoms with Crippen LogP contribution in [0.15, 0.2) is 85.1 Å². The van der Waals surface area contributed by atoms with Crippen LogP contribution >= 0.6 is 0 Å². The van der Waals surface area contributed by atoms with Gasteiger partial charge in [0.1, 0.15) is 6.61 Å². The van der Waals surface area contributed by atoms with E-state index in [9.17, 15) is 14.4 Å². The standard InChI is InChI=1S/C27H29N3O5/c1-30(17-15-25(31)29-19-23-14-8-9-16-28-23)27(33)35-24(18-21-10-4-2-5-11-21)26(32)34-20-22-12-6-3-7-13-22/h2-14,16,24H,15,17-20H2,1H3,(H,29,31)/t24-/m0/s1. The molecule has 35 heavy (non-hydrogen) atoms. The molecule has 1 atom stereocenters. The fourth-order valence-corrected chi connectivity index (χ4v) is 3.18. The number of rotatable bonds is 11. The summed E-state index contributed by atoms with van der Waals surface area (Å²) in [6, 6.07) is 24.0. The van der Waals surface area contributed by atoms with Crippen LogP contribution in [0.5, 0.6) is 0 Å². The van der Waals surface area contributed by atoms with Gasteiger partial charge in [-0.05, 0) is 23.3 Å². The second kappa shape index (κ2) is 13.5. The van der Waals surface area contributed by atoms with Crippen molar-refractivity contribution in [1.29, 1.82) is 0 Å². The van der Waals surface area contributed by atoms with Crippen molar-refractivity contribution in [2.45, 2.75) is 32.1 Å². The maximum absolute atomic E-state index is 12.8. The van der Waals surface area contributed by atoms with Crippen LogP contribution in [0.3, 0.4) is 0 Å². The highest BCUT2D eigenvalue weighted by atomic mass is 16.6. The summed E-state index contributed by atoms with van der Waals surface area (Å²) < 4.78 is 10.9. The largest absolute Gasteiger partial charge is 0.458 e. The lowest BCUT2D eigenvalue weighted by atomic mass is 10.1. The van der Waals surface area contributed by atoms with Crippen LogP contribution in [0.2, 0.25) is 0 Å². The van der Waals surface area contributed by atoms with Crippen LogP contribution in [0, 0.1) is 0 Å². The molecule has 1 N–H and O–H groups in total. The molecular weight excluding hydrogens is 446 g/mol. The molecule has 0 bridgehead atoms. The number of amides is 2. The Bertz CT molecular complexity index is 1080. The number of pyridine rings is 1. The van der Waals surface area contributed by atoms with Crippen molar-refractivity contribution in [1.82, 2.24) is 15.2 Å². The summed E-state index contributed by atoms with van der Waals surface area (Å²) in [4.78, 5) is 43.0. The van der Waals surface area contributed by atoms with E-state index in [0.29, 0.717) is 6.54 Å². The first kappa shape index (κ1) is 25.4. The predicted octanol–water partition coefficient (Wildman–Crippen LogP) is 3.51. The zero-order valence-electron chi connectivity index (χ0n) is 19.6. The Labute approximate surface area is 204 Å². The number of carbonyl (C=O) groups excluding carboxylic acids is 3. The van der Waals surface area contributed by atoms with Crippen molar-refractivity contribution < 1.29 is 23.9 Å². The average molecular weight is 476 g/mol. The zero-order chi connectivity index (χ0) is 24.9. The van der Waals surface area contributed by atoms with Gasteiger partial charge in [0.15, 0.2) is 0 Å². The van der Waals surface area contributed by atoms with Crippen LogP contribution in [-0.4, -0.2) is 47.6 Å². The first-order chi connectivity index (χ1) is 17.0. The molecule has 2 amide bonds. The van der Waals surface area contributed by atoms with Crippen molar-refractivity contribution >= 4 is 18.0 Å². The topological polar surface area (TPSA) is 97.8 Å². The molecule has 0 saturated carbocycles. The lowest BCUT2D eigenvalue weighted by Gasteiger charge is -2.22. The summed E-state index contributed by atoms with van der Waals surface area (Å²) in [5.74, 6) is -0.856. The van der Waals surface area contributed by atoms with E-state index in [1.54, 1.807) is 12.3 Å². The van der Waals surface area contributed by atoms with E-state index >= 15 is 0 Å². The van der Waals surface area contributed by atoms with Crippen molar-refractivity contribution in [3.63, 3.8) is 0 Å². The maximum Gasteiger partial charge on any atom is 0.410 e. The van der Waals surface area contributed by atoms with E-state index in [0.717, 1.165) is 16.8 Å². The van der Waals surface area contributed by atoms with Gasteiger partial charge < -0.3 is 19.7 Å². The third kappa shape index (κ3) is 8.92. The Morgan fingerprint density at radius 2 is 1.57 bits per heavy atom. The summed E-state index contributed by atoms with van der Waals surface area (Å²) >= 11 is 0. The van der Waals surface area contributed by atoms with Crippen LogP contribution in [-0.2, 0) is 38.6 Å². The van der Waals surface area contributed by atoms with Crippen LogP contribution < -0.4 is 5.32 Å². The molecule has 1 heterocycles. The minimum atomic E-state index is -1.12. The summed E-state index contributed by atoms with van der Waals surface area (Å²) in [6.45, 7) is 0.513. The molecule has 1 aromatic heterocycles. The van der Waals surface area contributed by atoms with Gasteiger partial charge in [-0.25, -0.2) is 9.59 Å². The number of hydrogen-bond acceptors (Lipinski definition) is 6. The highest BCUT2D eigenvalue weighted by molar-refractivity contribution is 5.80. The summed E-state index contributed by atoms with van der Waals surface area (Å²) in [7, 11) is 1.52. The van der Waals surface area contributed by atoms with Crippen LogP contribution in [0.25, 0.3) is 0 Å². The quantitative estimate of drug-likeness (QED) is 0.426. The van der Waals surface area contributed by atoms with Gasteiger partial charge in [0.05, 0.1) is 12.2 Å². The molecule has 3 rings (SSSR count). The molecule has 0 spiro atoms. The Balaban J connectivity index is 1.52. The number of hydrogen-bond donors (Lipinski definition) is 1. The molecule has 0 aliphatic carbocycles. The Hall–Kier alpha value is -4.20. The lowest BCUT2D eigenvalue weighted by Crippen LogP contribution is -2.38. The second-order valence-corrected chi connectivity index (χ2v) is 7.92. The third-order valence-electron chi connectivity index (χ3n) is 5.17. The van der Waals surface area contributed by atoms with E-state index in [4.69, 9.17) is 9.47 Å². The fourth-order valence-electron chi connectivity index (χ4n) is 3.18. The van der Waals surface area contributed by atoms with Crippen molar-refractivity contribution in [3.05, 3.63) is 102 Å². The van der Waals surface area contributed by atoms with Crippen molar-refractivity contribution in [2.75, 3.05) is 13.6 Å². The number of carbonyl (C=O) groups is 3. The molecule has 0 aliphatic heterocycles. The normalized spacial score (nSPS) is 11.2. The van der Waals surface area contributed by atoms with Gasteiger partial charge in [0.2, 0.25) is 12.0 Å². The molecule has 2 aromatic carbocycles. The fraction of sp³-hybridized carbons (Fsp3) is 0.259. The van der Waals surface area contributed by atoms with Gasteiger partial charge in [0, 0.05) is 32.6 Å². The SMILES string of the molecule is CN(CCC(=O)NCc1ccccn1)C(=O)O[C@@H](Cc1ccccc1)C(=O)OCc1ccccc1. The minimum Gasteiger partial charge on any atom is -0.458 e. The predicted molar refractivity (Wildman–Crippen MR) is 130 cm³/mol. The highest BCUT2D eigenvalue weighted by Gasteiger charge is 2.27. The Morgan fingerprint density at radius 3 is 2.23 bits per heavy atom. The molecule has 3 aromatic rings. The van der Waals surface area contributed by atoms with Crippen molar-refractivity contribution in [3.8, 4) is 0 Å². The first-order valence-electron chi connectivity index (χ1n) is 11.3. The first-order valence-corrected chi connectivity index (χ1v) is 11.3. The van der Waals surface area contributed by atoms with E-state index in [1.807, 2.05) is 72.8 Å². The third-order valence-corrected chi connectivity index (χ3v) is 5.17. The van der Waals surface area contributed by atoms with Crippen molar-refractivity contribution in [2.24, 2.45) is 0 Å². The highest BCUT2D eigenvalue weighted by Crippen LogP contribution is 2.11. The summed E-state index contributed by atoms with van der Waals surface area (Å²) in [6.07, 6.45) is 0.0927. The molecule has 0 radical (unpaired) electrons. The molecule has 8 heteroatoms. The van der Waals surface area contributed by atoms with Gasteiger partial charge in [-0.2, -0.15) is 0 Å². The maximum atomic E-state index is 12.8. The van der Waals surface area contributed by atoms with Crippen LogP contribution in [0.4, 0.5) is 4.79 Å². The smallest absolute Gasteiger partial charge is 0.410 e. The Morgan fingerprint density at radius 1 is 0.914 bits per heavy atom. The number of aromatic nitrogens is 1. The van der Waals surface area contributed by atoms with E-state index in [1.165, 1.54) is 11.9 Å². The van der Waals surface area contributed by atoms with Gasteiger partial charge in [-0.3, -0.25) is 9.78 Å². The number of nitrogens with one attached hydrogen (secondary N) is 1. The van der Waals surface area contributed by atoms with Gasteiger partial charge >= 0.3 is 12.1 Å². The molecule has 8 nitrogen and oxygen atoms in total. The number of nitrogens with zero attached hydrogens (tertiary/aromatic N) is 2. The number of ether oxygens (including phenoxy) is 2. The van der Waals surface area contributed by atoms with E-state index in [2.05, 4.69) is 10.3 Å². The van der Waals surface area contributed by atoms with E-state index in [-0.39, 0.29) is 31.9 Å². The second-order valence-electron chi connectivity index (χ2n) is 7.92. The lowest BCUT2D eigenvalue weighted by molar-refractivity contribution is -0.155.